The van der Waals surface area contributed by atoms with Crippen LogP contribution >= 0.6 is 0 Å². The summed E-state index contributed by atoms with van der Waals surface area (Å²) < 4.78 is 38.6. The van der Waals surface area contributed by atoms with Crippen molar-refractivity contribution >= 4 is 11.7 Å². The molecule has 4 rings (SSSR count). The zero-order chi connectivity index (χ0) is 25.9. The molecule has 1 aliphatic heterocycles. The third-order valence-electron chi connectivity index (χ3n) is 7.26. The third kappa shape index (κ3) is 6.11. The van der Waals surface area contributed by atoms with Crippen molar-refractivity contribution in [1.29, 1.82) is 0 Å². The summed E-state index contributed by atoms with van der Waals surface area (Å²) in [6.45, 7) is 0.640. The molecule has 1 aliphatic carbocycles. The van der Waals surface area contributed by atoms with Crippen molar-refractivity contribution in [3.63, 3.8) is 0 Å². The molecule has 2 aromatic rings. The van der Waals surface area contributed by atoms with Gasteiger partial charge in [0, 0.05) is 43.2 Å². The van der Waals surface area contributed by atoms with Crippen molar-refractivity contribution in [2.45, 2.75) is 56.0 Å². The summed E-state index contributed by atoms with van der Waals surface area (Å²) in [5, 5.41) is 23.9. The lowest BCUT2D eigenvalue weighted by atomic mass is 9.79. The molecule has 2 aliphatic rings. The molecule has 36 heavy (non-hydrogen) atoms. The van der Waals surface area contributed by atoms with Crippen LogP contribution in [0.3, 0.4) is 0 Å². The Labute approximate surface area is 207 Å². The van der Waals surface area contributed by atoms with E-state index in [4.69, 9.17) is 0 Å². The van der Waals surface area contributed by atoms with Crippen LogP contribution in [0.4, 0.5) is 13.2 Å². The van der Waals surface area contributed by atoms with Gasteiger partial charge in [-0.15, -0.1) is 0 Å². The molecule has 194 valence electrons. The topological polar surface area (TPSA) is 103 Å². The number of ketones is 1. The molecule has 0 spiro atoms. The maximum atomic E-state index is 12.9. The number of pyridine rings is 1. The molecule has 10 heteroatoms. The smallest absolute Gasteiger partial charge is 0.391 e. The second-order valence-corrected chi connectivity index (χ2v) is 9.76. The first-order chi connectivity index (χ1) is 17.0. The number of hydrogen-bond acceptors (Lipinski definition) is 6. The highest BCUT2D eigenvalue weighted by molar-refractivity contribution is 5.96. The number of β-amino-alcohol motifs (C(OH)–C–C–N with tert-alkyl or cyclic N) is 1. The van der Waals surface area contributed by atoms with Crippen LogP contribution in [0.5, 0.6) is 0 Å². The number of benzene rings is 1. The quantitative estimate of drug-likeness (QED) is 0.535. The molecular weight excluding hydrogens is 475 g/mol. The second kappa shape index (κ2) is 10.7. The van der Waals surface area contributed by atoms with Gasteiger partial charge in [0.05, 0.1) is 23.9 Å². The summed E-state index contributed by atoms with van der Waals surface area (Å²) in [5.74, 6) is -1.35. The Balaban J connectivity index is 1.25. The molecule has 3 N–H and O–H groups in total. The lowest BCUT2D eigenvalue weighted by molar-refractivity contribution is -0.137. The van der Waals surface area contributed by atoms with Crippen LogP contribution < -0.4 is 5.32 Å². The van der Waals surface area contributed by atoms with Crippen molar-refractivity contribution in [3.8, 4) is 0 Å². The van der Waals surface area contributed by atoms with Crippen molar-refractivity contribution in [1.82, 2.24) is 15.2 Å². The number of rotatable bonds is 7. The summed E-state index contributed by atoms with van der Waals surface area (Å²) in [6, 6.07) is 9.70. The molecule has 0 unspecified atom stereocenters. The normalized spacial score (nSPS) is 27.1. The molecule has 1 saturated carbocycles. The number of Topliss-reactive ketones (excluding diaryl/α,β-unsaturated/α-hetero) is 1. The summed E-state index contributed by atoms with van der Waals surface area (Å²) >= 11 is 0. The van der Waals surface area contributed by atoms with Gasteiger partial charge in [-0.25, -0.2) is 0 Å². The highest BCUT2D eigenvalue weighted by atomic mass is 19.4. The van der Waals surface area contributed by atoms with E-state index in [2.05, 4.69) is 15.2 Å². The zero-order valence-electron chi connectivity index (χ0n) is 19.7. The fraction of sp³-hybridized carbons (Fsp3) is 0.500. The average molecular weight is 506 g/mol. The Morgan fingerprint density at radius 1 is 1.11 bits per heavy atom. The minimum absolute atomic E-state index is 0.0606. The number of carbonyl (C=O) groups excluding carboxylic acids is 2. The summed E-state index contributed by atoms with van der Waals surface area (Å²) in [5.41, 5.74) is -1.39. The summed E-state index contributed by atoms with van der Waals surface area (Å²) in [7, 11) is 0. The fourth-order valence-corrected chi connectivity index (χ4v) is 5.21. The number of aliphatic hydroxyl groups excluding tert-OH is 1. The molecule has 1 amide bonds. The van der Waals surface area contributed by atoms with E-state index in [-0.39, 0.29) is 36.3 Å². The van der Waals surface area contributed by atoms with E-state index in [1.807, 2.05) is 18.2 Å². The van der Waals surface area contributed by atoms with E-state index in [1.54, 1.807) is 6.20 Å². The van der Waals surface area contributed by atoms with E-state index in [1.165, 1.54) is 6.07 Å². The molecule has 7 nitrogen and oxygen atoms in total. The number of hydrogen-bond donors (Lipinski definition) is 3. The fourth-order valence-electron chi connectivity index (χ4n) is 5.21. The van der Waals surface area contributed by atoms with Crippen LogP contribution in [0.15, 0.2) is 48.7 Å². The number of nitrogens with zero attached hydrogens (tertiary/aromatic N) is 2. The van der Waals surface area contributed by atoms with Crippen LogP contribution in [-0.4, -0.2) is 63.6 Å². The van der Waals surface area contributed by atoms with Gasteiger partial charge in [0.15, 0.2) is 5.78 Å². The SMILES string of the molecule is O=C(CNC(=O)c1cccc(C(F)(F)F)c1)C[C@H]1CN(C2CCC(O)(c3ccccn3)CC2)C[C@@H]1O. The highest BCUT2D eigenvalue weighted by Crippen LogP contribution is 2.39. The van der Waals surface area contributed by atoms with Crippen LogP contribution in [-0.2, 0) is 16.6 Å². The first-order valence-corrected chi connectivity index (χ1v) is 12.1. The summed E-state index contributed by atoms with van der Waals surface area (Å²) in [4.78, 5) is 31.1. The predicted octanol–water partition coefficient (Wildman–Crippen LogP) is 2.91. The minimum Gasteiger partial charge on any atom is -0.391 e. The predicted molar refractivity (Wildman–Crippen MR) is 125 cm³/mol. The lowest BCUT2D eigenvalue weighted by Crippen LogP contribution is -2.42. The van der Waals surface area contributed by atoms with Crippen molar-refractivity contribution in [3.05, 3.63) is 65.5 Å². The summed E-state index contributed by atoms with van der Waals surface area (Å²) in [6.07, 6.45) is -0.915. The molecule has 2 heterocycles. The van der Waals surface area contributed by atoms with Crippen LogP contribution in [0, 0.1) is 5.92 Å². The Kier molecular flexibility index (Phi) is 7.77. The van der Waals surface area contributed by atoms with E-state index in [9.17, 15) is 33.0 Å². The molecule has 2 atom stereocenters. The van der Waals surface area contributed by atoms with Gasteiger partial charge in [0.25, 0.3) is 5.91 Å². The van der Waals surface area contributed by atoms with Gasteiger partial charge < -0.3 is 15.5 Å². The van der Waals surface area contributed by atoms with Crippen molar-refractivity contribution in [2.24, 2.45) is 5.92 Å². The molecule has 1 aromatic heterocycles. The van der Waals surface area contributed by atoms with E-state index in [0.717, 1.165) is 31.0 Å². The molecule has 1 aromatic carbocycles. The number of aromatic nitrogens is 1. The Bertz CT molecular complexity index is 1070. The number of carbonyl (C=O) groups is 2. The highest BCUT2D eigenvalue weighted by Gasteiger charge is 2.41. The molecule has 0 radical (unpaired) electrons. The van der Waals surface area contributed by atoms with Gasteiger partial charge in [0.2, 0.25) is 0 Å². The van der Waals surface area contributed by atoms with Gasteiger partial charge >= 0.3 is 6.18 Å². The standard InChI is InChI=1S/C26H30F3N3O4/c27-26(28,29)19-5-3-4-17(12-19)24(35)31-14-21(33)13-18-15-32(16-22(18)34)20-7-9-25(36,10-8-20)23-6-1-2-11-30-23/h1-6,11-12,18,20,22,34,36H,7-10,13-16H2,(H,31,35)/t18-,20?,22-,25?/m0/s1. The van der Waals surface area contributed by atoms with Crippen molar-refractivity contribution < 1.29 is 33.0 Å². The molecule has 0 bridgehead atoms. The maximum Gasteiger partial charge on any atom is 0.416 e. The first kappa shape index (κ1) is 26.2. The number of alkyl halides is 3. The lowest BCUT2D eigenvalue weighted by Gasteiger charge is -2.39. The van der Waals surface area contributed by atoms with E-state index >= 15 is 0 Å². The first-order valence-electron chi connectivity index (χ1n) is 12.1. The Hall–Kier alpha value is -2.82. The Morgan fingerprint density at radius 3 is 2.53 bits per heavy atom. The van der Waals surface area contributed by atoms with Gasteiger partial charge in [-0.1, -0.05) is 12.1 Å². The second-order valence-electron chi connectivity index (χ2n) is 9.76. The van der Waals surface area contributed by atoms with Gasteiger partial charge in [0.1, 0.15) is 5.60 Å². The number of likely N-dealkylation sites (tertiary alicyclic amines) is 1. The number of aliphatic hydroxyl groups is 2. The number of halogens is 3. The zero-order valence-corrected chi connectivity index (χ0v) is 19.7. The van der Waals surface area contributed by atoms with Crippen LogP contribution in [0.25, 0.3) is 0 Å². The minimum atomic E-state index is -4.56. The average Bonchev–Trinajstić information content (AvgIpc) is 3.22. The van der Waals surface area contributed by atoms with Gasteiger partial charge in [-0.3, -0.25) is 19.5 Å². The molecule has 1 saturated heterocycles. The number of amides is 1. The Morgan fingerprint density at radius 2 is 1.86 bits per heavy atom. The largest absolute Gasteiger partial charge is 0.416 e. The van der Waals surface area contributed by atoms with Crippen molar-refractivity contribution in [2.75, 3.05) is 19.6 Å². The molecule has 2 fully saturated rings. The van der Waals surface area contributed by atoms with Crippen LogP contribution in [0.1, 0.15) is 53.7 Å². The molecular formula is C26H30F3N3O4. The third-order valence-corrected chi connectivity index (χ3v) is 7.26. The van der Waals surface area contributed by atoms with Gasteiger partial charge in [-0.05, 0) is 56.0 Å². The van der Waals surface area contributed by atoms with E-state index in [0.29, 0.717) is 31.6 Å². The van der Waals surface area contributed by atoms with Crippen LogP contribution in [0.2, 0.25) is 0 Å². The van der Waals surface area contributed by atoms with E-state index < -0.39 is 29.4 Å². The maximum absolute atomic E-state index is 12.9. The number of nitrogens with one attached hydrogen (secondary N) is 1. The monoisotopic (exact) mass is 505 g/mol. The van der Waals surface area contributed by atoms with Gasteiger partial charge in [-0.2, -0.15) is 13.2 Å².